The highest BCUT2D eigenvalue weighted by molar-refractivity contribution is 7.96. The number of amides is 1. The summed E-state index contributed by atoms with van der Waals surface area (Å²) < 4.78 is 33.5. The van der Waals surface area contributed by atoms with Gasteiger partial charge in [0, 0.05) is 6.20 Å². The predicted molar refractivity (Wildman–Crippen MR) is 135 cm³/mol. The molecule has 1 aliphatic carbocycles. The molecule has 0 saturated heterocycles. The van der Waals surface area contributed by atoms with E-state index in [-0.39, 0.29) is 39.0 Å². The number of nitrogens with zero attached hydrogens (tertiary/aromatic N) is 5. The van der Waals surface area contributed by atoms with Crippen LogP contribution in [0.15, 0.2) is 33.8 Å². The number of rotatable bonds is 3. The fraction of sp³-hybridized carbons (Fsp3) is 0.458. The Kier molecular flexibility index (Phi) is 5.43. The summed E-state index contributed by atoms with van der Waals surface area (Å²) in [4.78, 5) is 25.9. The van der Waals surface area contributed by atoms with Crippen molar-refractivity contribution in [1.29, 1.82) is 5.26 Å². The summed E-state index contributed by atoms with van der Waals surface area (Å²) in [6.45, 7) is 5.72. The van der Waals surface area contributed by atoms with Crippen LogP contribution in [0.3, 0.4) is 0 Å². The van der Waals surface area contributed by atoms with E-state index in [9.17, 15) is 9.00 Å². The second-order valence-electron chi connectivity index (χ2n) is 10.4. The summed E-state index contributed by atoms with van der Waals surface area (Å²) in [5, 5.41) is 10.9. The molecule has 2 aliphatic heterocycles. The molecule has 9 nitrogen and oxygen atoms in total. The highest BCUT2D eigenvalue weighted by Gasteiger charge is 2.62. The topological polar surface area (TPSA) is 146 Å². The van der Waals surface area contributed by atoms with E-state index in [2.05, 4.69) is 19.6 Å². The number of carbonyl (C=O) groups is 1. The second-order valence-corrected chi connectivity index (χ2v) is 13.7. The summed E-state index contributed by atoms with van der Waals surface area (Å²) in [5.41, 5.74) is 4.97. The molecule has 1 spiro atoms. The maximum atomic E-state index is 15.3. The molecular weight excluding hydrogens is 505 g/mol. The van der Waals surface area contributed by atoms with Crippen molar-refractivity contribution >= 4 is 38.9 Å². The number of hydrogen-bond donors (Lipinski definition) is 2. The zero-order valence-electron chi connectivity index (χ0n) is 20.0. The number of aromatic nitrogens is 2. The van der Waals surface area contributed by atoms with Crippen molar-refractivity contribution in [2.45, 2.75) is 55.6 Å². The van der Waals surface area contributed by atoms with Crippen LogP contribution in [0.4, 0.5) is 10.2 Å². The maximum absolute atomic E-state index is 15.3. The van der Waals surface area contributed by atoms with E-state index in [1.165, 1.54) is 24.4 Å². The number of pyridine rings is 2. The van der Waals surface area contributed by atoms with E-state index >= 15 is 4.39 Å². The van der Waals surface area contributed by atoms with Gasteiger partial charge in [-0.1, -0.05) is 11.6 Å². The van der Waals surface area contributed by atoms with Gasteiger partial charge in [0.2, 0.25) is 0 Å². The lowest BCUT2D eigenvalue weighted by Crippen LogP contribution is -2.61. The number of nitrogens with one attached hydrogen (secondary N) is 1. The molecule has 4 heterocycles. The van der Waals surface area contributed by atoms with Crippen molar-refractivity contribution in [2.75, 3.05) is 11.9 Å². The van der Waals surface area contributed by atoms with Crippen LogP contribution >= 0.6 is 11.6 Å². The fourth-order valence-corrected chi connectivity index (χ4v) is 8.62. The molecule has 36 heavy (non-hydrogen) atoms. The molecule has 12 heteroatoms. The van der Waals surface area contributed by atoms with Gasteiger partial charge in [-0.15, -0.1) is 0 Å². The Morgan fingerprint density at radius 3 is 2.69 bits per heavy atom. The minimum Gasteiger partial charge on any atom is -0.386 e. The molecule has 1 fully saturated rings. The highest BCUT2D eigenvalue weighted by Crippen LogP contribution is 2.58. The first-order valence-corrected chi connectivity index (χ1v) is 13.4. The van der Waals surface area contributed by atoms with Crippen molar-refractivity contribution in [3.63, 3.8) is 0 Å². The molecule has 1 amide bonds. The van der Waals surface area contributed by atoms with Gasteiger partial charge in [0.1, 0.15) is 45.2 Å². The molecule has 2 aromatic heterocycles. The van der Waals surface area contributed by atoms with Gasteiger partial charge in [0.15, 0.2) is 0 Å². The van der Waals surface area contributed by atoms with Gasteiger partial charge < -0.3 is 11.1 Å². The Balaban J connectivity index is 1.57. The number of aliphatic imine (C=N–C) groups is 1. The Morgan fingerprint density at radius 1 is 1.33 bits per heavy atom. The molecule has 2 aromatic rings. The minimum atomic E-state index is -2.93. The molecule has 3 atom stereocenters. The zero-order chi connectivity index (χ0) is 26.1. The van der Waals surface area contributed by atoms with Crippen molar-refractivity contribution in [3.8, 4) is 6.07 Å². The summed E-state index contributed by atoms with van der Waals surface area (Å²) in [6.07, 6.45) is 3.75. The lowest BCUT2D eigenvalue weighted by Gasteiger charge is -2.49. The predicted octanol–water partition coefficient (Wildman–Crippen LogP) is 3.78. The van der Waals surface area contributed by atoms with Gasteiger partial charge in [-0.3, -0.25) is 9.79 Å². The van der Waals surface area contributed by atoms with Crippen LogP contribution in [0.1, 0.15) is 61.8 Å². The molecule has 3 N–H and O–H groups in total. The third-order valence-corrected chi connectivity index (χ3v) is 11.5. The number of fused-ring (bicyclic) bond motifs is 1. The Morgan fingerprint density at radius 2 is 2.06 bits per heavy atom. The largest absolute Gasteiger partial charge is 0.386 e. The summed E-state index contributed by atoms with van der Waals surface area (Å²) in [5.74, 6) is -1.16. The molecule has 0 bridgehead atoms. The Hall–Kier alpha value is -3.10. The summed E-state index contributed by atoms with van der Waals surface area (Å²) in [7, 11) is -2.93. The molecule has 0 aromatic carbocycles. The molecule has 0 unspecified atom stereocenters. The second kappa shape index (κ2) is 7.95. The van der Waals surface area contributed by atoms with Gasteiger partial charge in [-0.05, 0) is 63.6 Å². The van der Waals surface area contributed by atoms with Crippen LogP contribution in [-0.2, 0) is 15.3 Å². The van der Waals surface area contributed by atoms with Crippen molar-refractivity contribution < 1.29 is 13.4 Å². The Bertz CT molecular complexity index is 1500. The molecule has 3 aliphatic rings. The van der Waals surface area contributed by atoms with E-state index < -0.39 is 37.0 Å². The molecule has 5 rings (SSSR count). The lowest BCUT2D eigenvalue weighted by molar-refractivity contribution is 0.102. The van der Waals surface area contributed by atoms with Crippen LogP contribution in [-0.4, -0.2) is 42.5 Å². The van der Waals surface area contributed by atoms with Gasteiger partial charge in [-0.2, -0.15) is 5.26 Å². The van der Waals surface area contributed by atoms with Gasteiger partial charge in [0.05, 0.1) is 32.1 Å². The molecule has 1 saturated carbocycles. The monoisotopic (exact) mass is 529 g/mol. The third kappa shape index (κ3) is 3.58. The Labute approximate surface area is 213 Å². The zero-order valence-corrected chi connectivity index (χ0v) is 21.6. The van der Waals surface area contributed by atoms with E-state index in [1.54, 1.807) is 20.8 Å². The van der Waals surface area contributed by atoms with Crippen molar-refractivity contribution in [1.82, 2.24) is 9.97 Å². The van der Waals surface area contributed by atoms with Crippen LogP contribution in [0.25, 0.3) is 0 Å². The first kappa shape index (κ1) is 24.6. The summed E-state index contributed by atoms with van der Waals surface area (Å²) in [6, 6.07) is 5.71. The molecular formula is C24H25ClFN7O2S. The van der Waals surface area contributed by atoms with Gasteiger partial charge in [0.25, 0.3) is 5.91 Å². The first-order valence-electron chi connectivity index (χ1n) is 11.5. The number of halogens is 2. The third-order valence-electron chi connectivity index (χ3n) is 7.63. The molecule has 188 valence electrons. The number of hydrogen-bond acceptors (Lipinski definition) is 8. The lowest BCUT2D eigenvalue weighted by atomic mass is 9.85. The standard InChI is InChI=1S/C24H25ClFN7O2S/c1-22(2)21(28)33-23(3,16-9-24(6-7-24)12-30-36(16,22)35)19-15(26)4-5-17(31-19)32-20(34)18-14(25)8-13(10-27)11-29-18/h4-5,8,11,16H,6-7,9,12H2,1-3H3,(H2,28,33)(H,31,32,34)/t16-,23+,36-/m1/s1. The normalized spacial score (nSPS) is 29.3. The number of amidine groups is 1. The number of nitrogens with two attached hydrogens (primary N) is 1. The minimum absolute atomic E-state index is 0.00832. The fourth-order valence-electron chi connectivity index (χ4n) is 4.98. The summed E-state index contributed by atoms with van der Waals surface area (Å²) >= 11 is 6.11. The van der Waals surface area contributed by atoms with Crippen molar-refractivity contribution in [3.05, 3.63) is 52.2 Å². The highest BCUT2D eigenvalue weighted by atomic mass is 35.5. The van der Waals surface area contributed by atoms with E-state index in [0.29, 0.717) is 13.0 Å². The van der Waals surface area contributed by atoms with Crippen molar-refractivity contribution in [2.24, 2.45) is 20.5 Å². The first-order chi connectivity index (χ1) is 16.8. The maximum Gasteiger partial charge on any atom is 0.276 e. The SMILES string of the molecule is CC1(C)C(N)=N[C@](C)(c2nc(NC(=O)c3ncc(C#N)cc3Cl)ccc2F)[C@H]2CC3(CC3)CN=[S@@]21=O. The van der Waals surface area contributed by atoms with Crippen LogP contribution in [0, 0.1) is 22.6 Å². The number of carbonyl (C=O) groups excluding carboxylic acids is 1. The van der Waals surface area contributed by atoms with E-state index in [0.717, 1.165) is 12.8 Å². The quantitative estimate of drug-likeness (QED) is 0.618. The van der Waals surface area contributed by atoms with Gasteiger partial charge in [-0.25, -0.2) is 22.9 Å². The van der Waals surface area contributed by atoms with E-state index in [4.69, 9.17) is 27.6 Å². The van der Waals surface area contributed by atoms with Crippen LogP contribution in [0.2, 0.25) is 5.02 Å². The van der Waals surface area contributed by atoms with E-state index in [1.807, 2.05) is 6.07 Å². The van der Waals surface area contributed by atoms with Gasteiger partial charge >= 0.3 is 0 Å². The number of nitriles is 1. The molecule has 0 radical (unpaired) electrons. The number of anilines is 1. The van der Waals surface area contributed by atoms with Crippen LogP contribution < -0.4 is 11.1 Å². The average molecular weight is 530 g/mol. The van der Waals surface area contributed by atoms with Crippen LogP contribution in [0.5, 0.6) is 0 Å². The average Bonchev–Trinajstić information content (AvgIpc) is 3.59. The smallest absolute Gasteiger partial charge is 0.276 e.